The third kappa shape index (κ3) is 3.05. The van der Waals surface area contributed by atoms with Gasteiger partial charge in [-0.05, 0) is 60.1 Å². The van der Waals surface area contributed by atoms with Crippen LogP contribution in [-0.2, 0) is 11.2 Å². The lowest BCUT2D eigenvalue weighted by molar-refractivity contribution is -0.130. The SMILES string of the molecule is O=C(Nc1ccc2c(c1)Cc1ccccc1-2)N1CCC[C@H](N2CCCC2=O)C1. The first-order chi connectivity index (χ1) is 13.7. The number of nitrogens with zero attached hydrogens (tertiary/aromatic N) is 2. The number of hydrogen-bond acceptors (Lipinski definition) is 2. The third-order valence-electron chi connectivity index (χ3n) is 6.28. The van der Waals surface area contributed by atoms with Crippen molar-refractivity contribution in [3.05, 3.63) is 53.6 Å². The van der Waals surface area contributed by atoms with Crippen LogP contribution in [0.2, 0.25) is 0 Å². The molecule has 1 N–H and O–H groups in total. The average molecular weight is 375 g/mol. The van der Waals surface area contributed by atoms with Gasteiger partial charge in [-0.1, -0.05) is 30.3 Å². The van der Waals surface area contributed by atoms with Crippen LogP contribution < -0.4 is 5.32 Å². The molecule has 1 atom stereocenters. The topological polar surface area (TPSA) is 52.7 Å². The largest absolute Gasteiger partial charge is 0.338 e. The summed E-state index contributed by atoms with van der Waals surface area (Å²) in [6.45, 7) is 2.22. The Balaban J connectivity index is 1.27. The lowest BCUT2D eigenvalue weighted by Gasteiger charge is -2.37. The Hall–Kier alpha value is -2.82. The summed E-state index contributed by atoms with van der Waals surface area (Å²) in [6, 6.07) is 14.8. The number of urea groups is 1. The standard InChI is InChI=1S/C23H25N3O2/c27-22-8-4-12-26(22)19-6-3-11-25(15-19)23(28)24-18-9-10-21-17(14-18)13-16-5-1-2-7-20(16)21/h1-2,5,7,9-10,14,19H,3-4,6,8,11-13,15H2,(H,24,28)/t19-/m0/s1. The molecule has 144 valence electrons. The van der Waals surface area contributed by atoms with Gasteiger partial charge in [-0.2, -0.15) is 0 Å². The van der Waals surface area contributed by atoms with Crippen molar-refractivity contribution in [1.82, 2.24) is 9.80 Å². The van der Waals surface area contributed by atoms with Crippen molar-refractivity contribution in [3.8, 4) is 11.1 Å². The summed E-state index contributed by atoms with van der Waals surface area (Å²) in [7, 11) is 0. The minimum atomic E-state index is -0.0631. The maximum atomic E-state index is 12.8. The molecule has 2 aromatic carbocycles. The van der Waals surface area contributed by atoms with Crippen LogP contribution in [0.3, 0.4) is 0 Å². The Labute approximate surface area is 165 Å². The van der Waals surface area contributed by atoms with Crippen molar-refractivity contribution < 1.29 is 9.59 Å². The molecule has 28 heavy (non-hydrogen) atoms. The fourth-order valence-electron chi connectivity index (χ4n) is 4.87. The summed E-state index contributed by atoms with van der Waals surface area (Å²) in [6.07, 6.45) is 4.45. The summed E-state index contributed by atoms with van der Waals surface area (Å²) in [5.41, 5.74) is 6.01. The minimum Gasteiger partial charge on any atom is -0.338 e. The highest BCUT2D eigenvalue weighted by Crippen LogP contribution is 2.37. The van der Waals surface area contributed by atoms with Crippen LogP contribution in [-0.4, -0.2) is 47.4 Å². The molecule has 3 aliphatic rings. The van der Waals surface area contributed by atoms with Crippen molar-refractivity contribution in [2.75, 3.05) is 25.0 Å². The summed E-state index contributed by atoms with van der Waals surface area (Å²) in [5, 5.41) is 3.07. The monoisotopic (exact) mass is 375 g/mol. The highest BCUT2D eigenvalue weighted by atomic mass is 16.2. The number of anilines is 1. The predicted octanol–water partition coefficient (Wildman–Crippen LogP) is 3.88. The molecule has 2 aliphatic heterocycles. The van der Waals surface area contributed by atoms with Crippen molar-refractivity contribution in [2.45, 2.75) is 38.1 Å². The van der Waals surface area contributed by atoms with Gasteiger partial charge in [0.15, 0.2) is 0 Å². The Morgan fingerprint density at radius 2 is 1.86 bits per heavy atom. The van der Waals surface area contributed by atoms with Crippen LogP contribution in [0.4, 0.5) is 10.5 Å². The Morgan fingerprint density at radius 1 is 1.00 bits per heavy atom. The quantitative estimate of drug-likeness (QED) is 0.739. The maximum absolute atomic E-state index is 12.8. The van der Waals surface area contributed by atoms with Crippen molar-refractivity contribution in [3.63, 3.8) is 0 Å². The number of fused-ring (bicyclic) bond motifs is 3. The van der Waals surface area contributed by atoms with E-state index in [9.17, 15) is 9.59 Å². The van der Waals surface area contributed by atoms with Gasteiger partial charge in [0.25, 0.3) is 0 Å². The van der Waals surface area contributed by atoms with E-state index < -0.39 is 0 Å². The van der Waals surface area contributed by atoms with Gasteiger partial charge in [-0.15, -0.1) is 0 Å². The van der Waals surface area contributed by atoms with Gasteiger partial charge in [-0.25, -0.2) is 4.79 Å². The highest BCUT2D eigenvalue weighted by Gasteiger charge is 2.32. The number of benzene rings is 2. The molecule has 0 bridgehead atoms. The van der Waals surface area contributed by atoms with E-state index in [1.807, 2.05) is 15.9 Å². The smallest absolute Gasteiger partial charge is 0.321 e. The van der Waals surface area contributed by atoms with Crippen molar-refractivity contribution >= 4 is 17.6 Å². The van der Waals surface area contributed by atoms with Gasteiger partial charge in [0.2, 0.25) is 5.91 Å². The number of carbonyl (C=O) groups excluding carboxylic acids is 2. The molecule has 1 aliphatic carbocycles. The summed E-state index contributed by atoms with van der Waals surface area (Å²) in [4.78, 5) is 28.7. The molecule has 2 heterocycles. The van der Waals surface area contributed by atoms with Crippen LogP contribution in [0.15, 0.2) is 42.5 Å². The fraction of sp³-hybridized carbons (Fsp3) is 0.391. The van der Waals surface area contributed by atoms with Crippen LogP contribution >= 0.6 is 0 Å². The first-order valence-corrected chi connectivity index (χ1v) is 10.3. The lowest BCUT2D eigenvalue weighted by atomic mass is 10.0. The number of rotatable bonds is 2. The third-order valence-corrected chi connectivity index (χ3v) is 6.28. The predicted molar refractivity (Wildman–Crippen MR) is 109 cm³/mol. The number of piperidine rings is 1. The molecular formula is C23H25N3O2. The second kappa shape index (κ2) is 6.97. The van der Waals surface area contributed by atoms with E-state index >= 15 is 0 Å². The zero-order valence-electron chi connectivity index (χ0n) is 16.0. The summed E-state index contributed by atoms with van der Waals surface area (Å²) >= 11 is 0. The van der Waals surface area contributed by atoms with E-state index in [4.69, 9.17) is 0 Å². The van der Waals surface area contributed by atoms with Crippen LogP contribution in [0.1, 0.15) is 36.8 Å². The van der Waals surface area contributed by atoms with Gasteiger partial charge in [0, 0.05) is 37.8 Å². The maximum Gasteiger partial charge on any atom is 0.321 e. The van der Waals surface area contributed by atoms with Crippen LogP contribution in [0, 0.1) is 0 Å². The zero-order valence-corrected chi connectivity index (χ0v) is 16.0. The van der Waals surface area contributed by atoms with E-state index in [0.29, 0.717) is 13.0 Å². The molecule has 2 aromatic rings. The molecule has 0 aromatic heterocycles. The van der Waals surface area contributed by atoms with Crippen LogP contribution in [0.5, 0.6) is 0 Å². The lowest BCUT2D eigenvalue weighted by Crippen LogP contribution is -2.51. The highest BCUT2D eigenvalue weighted by molar-refractivity contribution is 5.91. The minimum absolute atomic E-state index is 0.0631. The second-order valence-electron chi connectivity index (χ2n) is 8.07. The molecular weight excluding hydrogens is 350 g/mol. The van der Waals surface area contributed by atoms with Gasteiger partial charge in [0.05, 0.1) is 0 Å². The first-order valence-electron chi connectivity index (χ1n) is 10.3. The fourth-order valence-corrected chi connectivity index (χ4v) is 4.87. The first kappa shape index (κ1) is 17.3. The van der Waals surface area contributed by atoms with Gasteiger partial charge < -0.3 is 15.1 Å². The molecule has 0 saturated carbocycles. The average Bonchev–Trinajstić information content (AvgIpc) is 3.31. The second-order valence-corrected chi connectivity index (χ2v) is 8.07. The van der Waals surface area contributed by atoms with E-state index in [1.165, 1.54) is 22.3 Å². The van der Waals surface area contributed by atoms with Gasteiger partial charge in [-0.3, -0.25) is 4.79 Å². The number of carbonyl (C=O) groups is 2. The normalized spacial score (nSPS) is 20.9. The molecule has 0 spiro atoms. The van der Waals surface area contributed by atoms with Gasteiger partial charge in [0.1, 0.15) is 0 Å². The van der Waals surface area contributed by atoms with Crippen LogP contribution in [0.25, 0.3) is 11.1 Å². The Kier molecular flexibility index (Phi) is 4.30. The van der Waals surface area contributed by atoms with E-state index in [1.54, 1.807) is 0 Å². The molecule has 5 heteroatoms. The van der Waals surface area contributed by atoms with E-state index in [0.717, 1.165) is 44.5 Å². The molecule has 5 rings (SSSR count). The van der Waals surface area contributed by atoms with E-state index in [2.05, 4.69) is 41.7 Å². The molecule has 5 nitrogen and oxygen atoms in total. The van der Waals surface area contributed by atoms with Gasteiger partial charge >= 0.3 is 6.03 Å². The number of hydrogen-bond donors (Lipinski definition) is 1. The molecule has 2 fully saturated rings. The molecule has 0 radical (unpaired) electrons. The Bertz CT molecular complexity index is 939. The van der Waals surface area contributed by atoms with Crippen molar-refractivity contribution in [2.24, 2.45) is 0 Å². The zero-order chi connectivity index (χ0) is 19.1. The summed E-state index contributed by atoms with van der Waals surface area (Å²) < 4.78 is 0. The Morgan fingerprint density at radius 3 is 2.71 bits per heavy atom. The molecule has 0 unspecified atom stereocenters. The number of likely N-dealkylation sites (tertiary alicyclic amines) is 2. The molecule has 3 amide bonds. The number of amides is 3. The number of nitrogens with one attached hydrogen (secondary N) is 1. The summed E-state index contributed by atoms with van der Waals surface area (Å²) in [5.74, 6) is 0.241. The van der Waals surface area contributed by atoms with E-state index in [-0.39, 0.29) is 18.0 Å². The van der Waals surface area contributed by atoms with Crippen molar-refractivity contribution in [1.29, 1.82) is 0 Å². The molecule has 2 saturated heterocycles.